The van der Waals surface area contributed by atoms with Crippen LogP contribution in [0.2, 0.25) is 0 Å². The van der Waals surface area contributed by atoms with Crippen LogP contribution in [-0.4, -0.2) is 26.7 Å². The molecule has 0 fully saturated rings. The van der Waals surface area contributed by atoms with Crippen LogP contribution in [0.1, 0.15) is 22.4 Å². The monoisotopic (exact) mass is 273 g/mol. The van der Waals surface area contributed by atoms with Crippen LogP contribution in [0.5, 0.6) is 5.75 Å². The fourth-order valence-corrected chi connectivity index (χ4v) is 2.01. The van der Waals surface area contributed by atoms with Crippen LogP contribution in [0, 0.1) is 6.92 Å². The molecule has 0 radical (unpaired) electrons. The maximum Gasteiger partial charge on any atom is 0.141 e. The molecule has 0 aromatic carbocycles. The predicted octanol–water partition coefficient (Wildman–Crippen LogP) is 1.32. The highest BCUT2D eigenvalue weighted by molar-refractivity contribution is 5.40. The van der Waals surface area contributed by atoms with Crippen molar-refractivity contribution in [1.82, 2.24) is 15.3 Å². The second-order valence-electron chi connectivity index (χ2n) is 4.64. The van der Waals surface area contributed by atoms with Crippen LogP contribution < -0.4 is 5.32 Å². The normalized spacial score (nSPS) is 10.7. The highest BCUT2D eigenvalue weighted by atomic mass is 16.3. The van der Waals surface area contributed by atoms with E-state index in [0.717, 1.165) is 18.5 Å². The number of aliphatic hydroxyl groups is 1. The quantitative estimate of drug-likeness (QED) is 0.692. The van der Waals surface area contributed by atoms with Crippen molar-refractivity contribution in [3.8, 4) is 5.75 Å². The molecule has 0 aliphatic heterocycles. The standard InChI is InChI=1S/C15H19N3O2/c1-11-15(20)14(13(10-19)8-18-11)9-17-7-4-12-2-5-16-6-3-12/h2-3,5-6,8,17,19-20H,4,7,9-10H2,1H3. The van der Waals surface area contributed by atoms with Crippen molar-refractivity contribution in [2.75, 3.05) is 6.54 Å². The molecule has 5 nitrogen and oxygen atoms in total. The number of aromatic hydroxyl groups is 1. The average molecular weight is 273 g/mol. The molecule has 20 heavy (non-hydrogen) atoms. The molecule has 2 aromatic rings. The number of nitrogens with zero attached hydrogens (tertiary/aromatic N) is 2. The van der Waals surface area contributed by atoms with E-state index in [2.05, 4.69) is 15.3 Å². The SMILES string of the molecule is Cc1ncc(CO)c(CNCCc2ccncc2)c1O. The van der Waals surface area contributed by atoms with Gasteiger partial charge in [0.15, 0.2) is 0 Å². The van der Waals surface area contributed by atoms with Crippen LogP contribution in [0.3, 0.4) is 0 Å². The van der Waals surface area contributed by atoms with Gasteiger partial charge in [0, 0.05) is 36.3 Å². The van der Waals surface area contributed by atoms with Crippen molar-refractivity contribution < 1.29 is 10.2 Å². The first-order valence-electron chi connectivity index (χ1n) is 6.59. The number of aromatic nitrogens is 2. The third kappa shape index (κ3) is 3.53. The van der Waals surface area contributed by atoms with Gasteiger partial charge in [-0.1, -0.05) is 0 Å². The van der Waals surface area contributed by atoms with Gasteiger partial charge in [0.25, 0.3) is 0 Å². The molecule has 0 aliphatic carbocycles. The number of hydrogen-bond donors (Lipinski definition) is 3. The van der Waals surface area contributed by atoms with Crippen LogP contribution in [0.25, 0.3) is 0 Å². The summed E-state index contributed by atoms with van der Waals surface area (Å²) >= 11 is 0. The minimum atomic E-state index is -0.123. The van der Waals surface area contributed by atoms with Crippen molar-refractivity contribution in [1.29, 1.82) is 0 Å². The van der Waals surface area contributed by atoms with Gasteiger partial charge in [0.1, 0.15) is 5.75 Å². The molecule has 0 bridgehead atoms. The van der Waals surface area contributed by atoms with E-state index in [4.69, 9.17) is 0 Å². The van der Waals surface area contributed by atoms with Gasteiger partial charge in [-0.15, -0.1) is 0 Å². The summed E-state index contributed by atoms with van der Waals surface area (Å²) in [6, 6.07) is 3.96. The second-order valence-corrected chi connectivity index (χ2v) is 4.64. The Morgan fingerprint density at radius 3 is 2.70 bits per heavy atom. The van der Waals surface area contributed by atoms with E-state index in [1.807, 2.05) is 12.1 Å². The van der Waals surface area contributed by atoms with Gasteiger partial charge < -0.3 is 15.5 Å². The first-order valence-corrected chi connectivity index (χ1v) is 6.59. The number of pyridine rings is 2. The van der Waals surface area contributed by atoms with E-state index in [-0.39, 0.29) is 12.4 Å². The Morgan fingerprint density at radius 1 is 1.25 bits per heavy atom. The summed E-state index contributed by atoms with van der Waals surface area (Å²) in [4.78, 5) is 8.02. The van der Waals surface area contributed by atoms with Gasteiger partial charge in [-0.3, -0.25) is 9.97 Å². The zero-order chi connectivity index (χ0) is 14.4. The van der Waals surface area contributed by atoms with Gasteiger partial charge in [-0.25, -0.2) is 0 Å². The minimum Gasteiger partial charge on any atom is -0.506 e. The van der Waals surface area contributed by atoms with Crippen LogP contribution in [0.15, 0.2) is 30.7 Å². The number of nitrogens with one attached hydrogen (secondary N) is 1. The molecule has 0 aliphatic rings. The first kappa shape index (κ1) is 14.4. The Balaban J connectivity index is 1.92. The van der Waals surface area contributed by atoms with Crippen LogP contribution in [-0.2, 0) is 19.6 Å². The fraction of sp³-hybridized carbons (Fsp3) is 0.333. The molecule has 5 heteroatoms. The average Bonchev–Trinajstić information content (AvgIpc) is 2.49. The number of hydrogen-bond acceptors (Lipinski definition) is 5. The first-order chi connectivity index (χ1) is 9.72. The fourth-order valence-electron chi connectivity index (χ4n) is 2.01. The molecule has 2 rings (SSSR count). The van der Waals surface area contributed by atoms with Gasteiger partial charge in [-0.2, -0.15) is 0 Å². The maximum atomic E-state index is 10.0. The summed E-state index contributed by atoms with van der Waals surface area (Å²) in [7, 11) is 0. The van der Waals surface area contributed by atoms with E-state index in [0.29, 0.717) is 17.8 Å². The van der Waals surface area contributed by atoms with E-state index >= 15 is 0 Å². The molecule has 0 amide bonds. The van der Waals surface area contributed by atoms with Gasteiger partial charge in [-0.05, 0) is 37.6 Å². The molecule has 3 N–H and O–H groups in total. The summed E-state index contributed by atoms with van der Waals surface area (Å²) < 4.78 is 0. The van der Waals surface area contributed by atoms with Crippen LogP contribution in [0.4, 0.5) is 0 Å². The maximum absolute atomic E-state index is 10.0. The summed E-state index contributed by atoms with van der Waals surface area (Å²) in [5.41, 5.74) is 3.16. The molecule has 0 saturated heterocycles. The van der Waals surface area contributed by atoms with Crippen molar-refractivity contribution in [3.63, 3.8) is 0 Å². The zero-order valence-electron chi connectivity index (χ0n) is 11.5. The molecule has 106 valence electrons. The lowest BCUT2D eigenvalue weighted by molar-refractivity contribution is 0.278. The highest BCUT2D eigenvalue weighted by Gasteiger charge is 2.10. The number of rotatable bonds is 6. The third-order valence-electron chi connectivity index (χ3n) is 3.24. The molecule has 2 heterocycles. The van der Waals surface area contributed by atoms with E-state index in [1.54, 1.807) is 25.5 Å². The molecular formula is C15H19N3O2. The van der Waals surface area contributed by atoms with Crippen molar-refractivity contribution in [2.24, 2.45) is 0 Å². The van der Waals surface area contributed by atoms with E-state index in [1.165, 1.54) is 5.56 Å². The largest absolute Gasteiger partial charge is 0.506 e. The number of aliphatic hydroxyl groups excluding tert-OH is 1. The van der Waals surface area contributed by atoms with Crippen molar-refractivity contribution in [2.45, 2.75) is 26.5 Å². The molecule has 0 atom stereocenters. The lowest BCUT2D eigenvalue weighted by Crippen LogP contribution is -2.18. The Kier molecular flexibility index (Phi) is 5.03. The summed E-state index contributed by atoms with van der Waals surface area (Å²) in [5.74, 6) is 0.160. The van der Waals surface area contributed by atoms with Gasteiger partial charge in [0.2, 0.25) is 0 Å². The van der Waals surface area contributed by atoms with Crippen molar-refractivity contribution >= 4 is 0 Å². The van der Waals surface area contributed by atoms with Crippen LogP contribution >= 0.6 is 0 Å². The molecule has 0 unspecified atom stereocenters. The lowest BCUT2D eigenvalue weighted by atomic mass is 10.1. The van der Waals surface area contributed by atoms with Gasteiger partial charge >= 0.3 is 0 Å². The summed E-state index contributed by atoms with van der Waals surface area (Å²) in [6.07, 6.45) is 6.05. The molecule has 0 spiro atoms. The highest BCUT2D eigenvalue weighted by Crippen LogP contribution is 2.23. The Hall–Kier alpha value is -1.98. The van der Waals surface area contributed by atoms with E-state index < -0.39 is 0 Å². The topological polar surface area (TPSA) is 78.3 Å². The minimum absolute atomic E-state index is 0.123. The van der Waals surface area contributed by atoms with Crippen molar-refractivity contribution in [3.05, 3.63) is 53.1 Å². The summed E-state index contributed by atoms with van der Waals surface area (Å²) in [6.45, 7) is 2.92. The third-order valence-corrected chi connectivity index (χ3v) is 3.24. The predicted molar refractivity (Wildman–Crippen MR) is 76.2 cm³/mol. The molecule has 2 aromatic heterocycles. The Bertz CT molecular complexity index is 559. The second kappa shape index (κ2) is 6.98. The zero-order valence-corrected chi connectivity index (χ0v) is 11.5. The number of aryl methyl sites for hydroxylation is 1. The molecular weight excluding hydrogens is 254 g/mol. The Labute approximate surface area is 118 Å². The Morgan fingerprint density at radius 2 is 2.00 bits per heavy atom. The lowest BCUT2D eigenvalue weighted by Gasteiger charge is -2.12. The van der Waals surface area contributed by atoms with E-state index in [9.17, 15) is 10.2 Å². The summed E-state index contributed by atoms with van der Waals surface area (Å²) in [5, 5.41) is 22.6. The smallest absolute Gasteiger partial charge is 0.141 e. The van der Waals surface area contributed by atoms with Gasteiger partial charge in [0.05, 0.1) is 12.3 Å². The molecule has 0 saturated carbocycles.